The predicted molar refractivity (Wildman–Crippen MR) is 79.6 cm³/mol. The predicted octanol–water partition coefficient (Wildman–Crippen LogP) is 3.57. The van der Waals surface area contributed by atoms with E-state index in [0.717, 1.165) is 11.3 Å². The van der Waals surface area contributed by atoms with Crippen molar-refractivity contribution in [1.29, 1.82) is 0 Å². The van der Waals surface area contributed by atoms with Crippen molar-refractivity contribution in [1.82, 2.24) is 14.5 Å². The first-order chi connectivity index (χ1) is 10.1. The van der Waals surface area contributed by atoms with Crippen LogP contribution in [0.5, 0.6) is 0 Å². The second-order valence-corrected chi connectivity index (χ2v) is 5.11. The molecule has 21 heavy (non-hydrogen) atoms. The molecule has 4 nitrogen and oxygen atoms in total. The lowest BCUT2D eigenvalue weighted by Gasteiger charge is -2.03. The van der Waals surface area contributed by atoms with Gasteiger partial charge in [0.05, 0.1) is 17.3 Å². The fourth-order valence-electron chi connectivity index (χ4n) is 2.24. The van der Waals surface area contributed by atoms with Gasteiger partial charge < -0.3 is 9.30 Å². The molecule has 0 atom stereocenters. The number of hydrogen-bond acceptors (Lipinski definition) is 3. The number of halogens is 2. The lowest BCUT2D eigenvalue weighted by Crippen LogP contribution is -1.97. The highest BCUT2D eigenvalue weighted by Gasteiger charge is 2.15. The van der Waals surface area contributed by atoms with Gasteiger partial charge in [0.2, 0.25) is 0 Å². The van der Waals surface area contributed by atoms with Crippen LogP contribution in [0.2, 0.25) is 5.02 Å². The summed E-state index contributed by atoms with van der Waals surface area (Å²) in [5.74, 6) is 0.407. The molecule has 0 aliphatic heterocycles. The Hall–Kier alpha value is -1.98. The minimum atomic E-state index is -0.281. The number of imidazole rings is 1. The molecular formula is C15H13ClFN3O. The maximum absolute atomic E-state index is 13.0. The number of benzene rings is 1. The first-order valence-corrected chi connectivity index (χ1v) is 6.74. The van der Waals surface area contributed by atoms with Gasteiger partial charge in [-0.1, -0.05) is 11.6 Å². The van der Waals surface area contributed by atoms with Crippen LogP contribution >= 0.6 is 11.6 Å². The Bertz CT molecular complexity index is 799. The Morgan fingerprint density at radius 2 is 1.95 bits per heavy atom. The van der Waals surface area contributed by atoms with E-state index in [2.05, 4.69) is 9.97 Å². The highest BCUT2D eigenvalue weighted by Crippen LogP contribution is 2.28. The van der Waals surface area contributed by atoms with E-state index < -0.39 is 0 Å². The Morgan fingerprint density at radius 1 is 1.24 bits per heavy atom. The van der Waals surface area contributed by atoms with E-state index in [4.69, 9.17) is 16.3 Å². The van der Waals surface area contributed by atoms with Gasteiger partial charge in [0.1, 0.15) is 17.2 Å². The Labute approximate surface area is 126 Å². The molecule has 0 spiro atoms. The van der Waals surface area contributed by atoms with Crippen LogP contribution in [0.4, 0.5) is 4.39 Å². The average molecular weight is 306 g/mol. The maximum atomic E-state index is 13.0. The number of hydrogen-bond donors (Lipinski definition) is 0. The molecule has 0 fully saturated rings. The fourth-order valence-corrected chi connectivity index (χ4v) is 2.49. The molecule has 0 N–H and O–H groups in total. The summed E-state index contributed by atoms with van der Waals surface area (Å²) in [6.45, 7) is 0.382. The summed E-state index contributed by atoms with van der Waals surface area (Å²) < 4.78 is 20.0. The van der Waals surface area contributed by atoms with E-state index in [0.29, 0.717) is 28.6 Å². The van der Waals surface area contributed by atoms with Gasteiger partial charge in [-0.25, -0.2) is 14.4 Å². The van der Waals surface area contributed by atoms with Crippen LogP contribution in [0.15, 0.2) is 30.3 Å². The van der Waals surface area contributed by atoms with Gasteiger partial charge in [-0.15, -0.1) is 0 Å². The summed E-state index contributed by atoms with van der Waals surface area (Å²) in [5.41, 5.74) is 2.84. The highest BCUT2D eigenvalue weighted by molar-refractivity contribution is 6.34. The topological polar surface area (TPSA) is 39.9 Å². The van der Waals surface area contributed by atoms with Crippen molar-refractivity contribution in [3.63, 3.8) is 0 Å². The Kier molecular flexibility index (Phi) is 3.61. The molecule has 0 bridgehead atoms. The molecule has 0 aliphatic carbocycles. The molecule has 0 aliphatic rings. The molecule has 0 amide bonds. The average Bonchev–Trinajstić information content (AvgIpc) is 2.79. The van der Waals surface area contributed by atoms with Crippen molar-refractivity contribution in [2.75, 3.05) is 7.11 Å². The largest absolute Gasteiger partial charge is 0.378 e. The number of ether oxygens (including phenoxy) is 1. The number of pyridine rings is 1. The summed E-state index contributed by atoms with van der Waals surface area (Å²) in [6.07, 6.45) is 0. The van der Waals surface area contributed by atoms with Crippen molar-refractivity contribution >= 4 is 22.8 Å². The van der Waals surface area contributed by atoms with Crippen molar-refractivity contribution < 1.29 is 9.13 Å². The van der Waals surface area contributed by atoms with Crippen LogP contribution < -0.4 is 0 Å². The third kappa shape index (κ3) is 2.50. The van der Waals surface area contributed by atoms with Gasteiger partial charge in [0.25, 0.3) is 0 Å². The van der Waals surface area contributed by atoms with Crippen LogP contribution in [0.25, 0.3) is 22.6 Å². The van der Waals surface area contributed by atoms with Gasteiger partial charge in [0.15, 0.2) is 5.65 Å². The monoisotopic (exact) mass is 305 g/mol. The lowest BCUT2D eigenvalue weighted by atomic mass is 10.2. The minimum absolute atomic E-state index is 0.281. The first kappa shape index (κ1) is 14.0. The quantitative estimate of drug-likeness (QED) is 0.742. The van der Waals surface area contributed by atoms with E-state index in [1.807, 2.05) is 11.6 Å². The minimum Gasteiger partial charge on any atom is -0.378 e. The Balaban J connectivity index is 2.19. The second-order valence-electron chi connectivity index (χ2n) is 4.70. The van der Waals surface area contributed by atoms with Crippen molar-refractivity contribution in [2.45, 2.75) is 6.61 Å². The van der Waals surface area contributed by atoms with Crippen molar-refractivity contribution in [2.24, 2.45) is 7.05 Å². The summed E-state index contributed by atoms with van der Waals surface area (Å²) in [7, 11) is 3.46. The number of methoxy groups -OCH3 is 1. The molecular weight excluding hydrogens is 293 g/mol. The number of nitrogens with zero attached hydrogens (tertiary/aromatic N) is 3. The highest BCUT2D eigenvalue weighted by atomic mass is 35.5. The lowest BCUT2D eigenvalue weighted by molar-refractivity contribution is 0.182. The SMILES string of the molecule is COCc1cc(Cl)c2nc(-c3ccc(F)cc3)n(C)c2n1. The molecule has 2 aromatic heterocycles. The molecule has 2 heterocycles. The van der Waals surface area contributed by atoms with Crippen LogP contribution in [0.3, 0.4) is 0 Å². The number of aryl methyl sites for hydroxylation is 1. The zero-order valence-electron chi connectivity index (χ0n) is 11.6. The fraction of sp³-hybridized carbons (Fsp3) is 0.200. The number of fused-ring (bicyclic) bond motifs is 1. The van der Waals surface area contributed by atoms with Crippen LogP contribution in [-0.4, -0.2) is 21.6 Å². The molecule has 0 saturated heterocycles. The van der Waals surface area contributed by atoms with Gasteiger partial charge in [-0.2, -0.15) is 0 Å². The third-order valence-corrected chi connectivity index (χ3v) is 3.52. The maximum Gasteiger partial charge on any atom is 0.161 e. The summed E-state index contributed by atoms with van der Waals surface area (Å²) in [6, 6.07) is 7.91. The molecule has 108 valence electrons. The van der Waals surface area contributed by atoms with Crippen LogP contribution in [0.1, 0.15) is 5.69 Å². The van der Waals surface area contributed by atoms with Crippen molar-refractivity contribution in [3.8, 4) is 11.4 Å². The second kappa shape index (κ2) is 5.42. The molecule has 0 radical (unpaired) electrons. The first-order valence-electron chi connectivity index (χ1n) is 6.37. The molecule has 6 heteroatoms. The van der Waals surface area contributed by atoms with Crippen LogP contribution in [-0.2, 0) is 18.4 Å². The van der Waals surface area contributed by atoms with E-state index in [-0.39, 0.29) is 5.82 Å². The smallest absolute Gasteiger partial charge is 0.161 e. The summed E-state index contributed by atoms with van der Waals surface area (Å²) in [4.78, 5) is 9.02. The van der Waals surface area contributed by atoms with Gasteiger partial charge in [0, 0.05) is 19.7 Å². The van der Waals surface area contributed by atoms with Gasteiger partial charge in [-0.05, 0) is 30.3 Å². The molecule has 3 rings (SSSR count). The normalized spacial score (nSPS) is 11.2. The molecule has 3 aromatic rings. The molecule has 0 saturated carbocycles. The molecule has 1 aromatic carbocycles. The third-order valence-electron chi connectivity index (χ3n) is 3.23. The van der Waals surface area contributed by atoms with E-state index in [9.17, 15) is 4.39 Å². The summed E-state index contributed by atoms with van der Waals surface area (Å²) in [5, 5.41) is 0.524. The van der Waals surface area contributed by atoms with Crippen LogP contribution in [0, 0.1) is 5.82 Å². The zero-order valence-corrected chi connectivity index (χ0v) is 12.4. The van der Waals surface area contributed by atoms with E-state index in [1.54, 1.807) is 25.3 Å². The number of rotatable bonds is 3. The summed E-state index contributed by atoms with van der Waals surface area (Å²) >= 11 is 6.26. The van der Waals surface area contributed by atoms with Gasteiger partial charge in [-0.3, -0.25) is 0 Å². The van der Waals surface area contributed by atoms with Crippen molar-refractivity contribution in [3.05, 3.63) is 46.9 Å². The standard InChI is InChI=1S/C15H13ClFN3O/c1-20-14(9-3-5-10(17)6-4-9)19-13-12(16)7-11(8-21-2)18-15(13)20/h3-7H,8H2,1-2H3. The number of aromatic nitrogens is 3. The van der Waals surface area contributed by atoms with E-state index in [1.165, 1.54) is 12.1 Å². The van der Waals surface area contributed by atoms with E-state index >= 15 is 0 Å². The Morgan fingerprint density at radius 3 is 2.62 bits per heavy atom. The van der Waals surface area contributed by atoms with Gasteiger partial charge >= 0.3 is 0 Å². The zero-order chi connectivity index (χ0) is 15.0. The molecule has 0 unspecified atom stereocenters.